The van der Waals surface area contributed by atoms with Gasteiger partial charge in [0, 0.05) is 16.8 Å². The van der Waals surface area contributed by atoms with Crippen LogP contribution in [0.3, 0.4) is 0 Å². The minimum atomic E-state index is -0.514. The maximum absolute atomic E-state index is 11.4. The number of hydrogen-bond acceptors (Lipinski definition) is 6. The monoisotopic (exact) mass is 326 g/mol. The van der Waals surface area contributed by atoms with Crippen LogP contribution in [0.1, 0.15) is 19.5 Å². The fourth-order valence-corrected chi connectivity index (χ4v) is 2.57. The predicted octanol–water partition coefficient (Wildman–Crippen LogP) is 3.39. The first kappa shape index (κ1) is 15.7. The number of benzene rings is 1. The first-order chi connectivity index (χ1) is 11.4. The molecule has 8 nitrogen and oxygen atoms in total. The van der Waals surface area contributed by atoms with E-state index in [1.54, 1.807) is 18.3 Å². The van der Waals surface area contributed by atoms with E-state index in [1.807, 2.05) is 12.1 Å². The molecule has 24 heavy (non-hydrogen) atoms. The third kappa shape index (κ3) is 3.12. The number of pyridine rings is 1. The number of nitrogen functional groups attached to an aromatic ring is 1. The Morgan fingerprint density at radius 1 is 1.38 bits per heavy atom. The van der Waals surface area contributed by atoms with Gasteiger partial charge < -0.3 is 11.1 Å². The standard InChI is InChI=1S/C16H18N6O2/c1-9(2)5-12-7-13(17)15(22(23)24)16(20-12)19-11-3-4-14-10(6-11)8-18-21-14/h3-4,6-9H,5H2,1-2H3,(H,18,21)(H3,17,19,20). The number of nitrogens with two attached hydrogens (primary N) is 1. The average Bonchev–Trinajstić information content (AvgIpc) is 2.93. The molecule has 3 aromatic rings. The molecule has 124 valence electrons. The summed E-state index contributed by atoms with van der Waals surface area (Å²) in [6.07, 6.45) is 2.38. The van der Waals surface area contributed by atoms with Crippen molar-refractivity contribution in [1.29, 1.82) is 0 Å². The quantitative estimate of drug-likeness (QED) is 0.488. The lowest BCUT2D eigenvalue weighted by atomic mass is 10.1. The van der Waals surface area contributed by atoms with Gasteiger partial charge in [0.05, 0.1) is 16.6 Å². The molecule has 0 atom stereocenters. The van der Waals surface area contributed by atoms with Crippen LogP contribution in [0, 0.1) is 16.0 Å². The number of aromatic amines is 1. The Morgan fingerprint density at radius 3 is 2.88 bits per heavy atom. The topological polar surface area (TPSA) is 123 Å². The minimum Gasteiger partial charge on any atom is -0.393 e. The maximum atomic E-state index is 11.4. The van der Waals surface area contributed by atoms with Crippen molar-refractivity contribution in [3.8, 4) is 0 Å². The lowest BCUT2D eigenvalue weighted by Crippen LogP contribution is -2.07. The molecule has 0 aliphatic rings. The normalized spacial score (nSPS) is 11.1. The van der Waals surface area contributed by atoms with Gasteiger partial charge in [-0.15, -0.1) is 0 Å². The van der Waals surface area contributed by atoms with E-state index >= 15 is 0 Å². The number of nitro groups is 1. The molecule has 2 aromatic heterocycles. The van der Waals surface area contributed by atoms with Gasteiger partial charge in [-0.3, -0.25) is 15.2 Å². The molecule has 0 saturated carbocycles. The van der Waals surface area contributed by atoms with E-state index in [2.05, 4.69) is 34.3 Å². The number of aromatic nitrogens is 3. The Balaban J connectivity index is 2.03. The zero-order valence-electron chi connectivity index (χ0n) is 13.4. The summed E-state index contributed by atoms with van der Waals surface area (Å²) < 4.78 is 0. The van der Waals surface area contributed by atoms with E-state index in [0.29, 0.717) is 18.0 Å². The zero-order valence-corrected chi connectivity index (χ0v) is 13.4. The van der Waals surface area contributed by atoms with Crippen LogP contribution < -0.4 is 11.1 Å². The highest BCUT2D eigenvalue weighted by Gasteiger charge is 2.22. The summed E-state index contributed by atoms with van der Waals surface area (Å²) in [6, 6.07) is 7.06. The molecule has 1 aromatic carbocycles. The summed E-state index contributed by atoms with van der Waals surface area (Å²) in [5.74, 6) is 0.520. The second-order valence-electron chi connectivity index (χ2n) is 6.05. The third-order valence-electron chi connectivity index (χ3n) is 3.58. The molecule has 0 radical (unpaired) electrons. The predicted molar refractivity (Wildman–Crippen MR) is 93.2 cm³/mol. The Morgan fingerprint density at radius 2 is 2.17 bits per heavy atom. The van der Waals surface area contributed by atoms with Crippen molar-refractivity contribution in [2.75, 3.05) is 11.1 Å². The second kappa shape index (κ2) is 6.15. The number of anilines is 3. The van der Waals surface area contributed by atoms with Crippen molar-refractivity contribution in [2.45, 2.75) is 20.3 Å². The highest BCUT2D eigenvalue weighted by molar-refractivity contribution is 5.84. The molecule has 2 heterocycles. The van der Waals surface area contributed by atoms with Crippen molar-refractivity contribution in [3.63, 3.8) is 0 Å². The van der Waals surface area contributed by atoms with Crippen molar-refractivity contribution in [1.82, 2.24) is 15.2 Å². The van der Waals surface area contributed by atoms with Gasteiger partial charge in [-0.25, -0.2) is 4.98 Å². The number of H-pyrrole nitrogens is 1. The number of rotatable bonds is 5. The van der Waals surface area contributed by atoms with E-state index < -0.39 is 4.92 Å². The number of nitrogens with one attached hydrogen (secondary N) is 2. The van der Waals surface area contributed by atoms with Crippen LogP contribution in [0.25, 0.3) is 10.9 Å². The molecule has 4 N–H and O–H groups in total. The van der Waals surface area contributed by atoms with Crippen LogP contribution in [0.2, 0.25) is 0 Å². The molecule has 0 spiro atoms. The largest absolute Gasteiger partial charge is 0.393 e. The molecule has 3 rings (SSSR count). The Bertz CT molecular complexity index is 903. The fraction of sp³-hybridized carbons (Fsp3) is 0.250. The fourth-order valence-electron chi connectivity index (χ4n) is 2.57. The SMILES string of the molecule is CC(C)Cc1cc(N)c([N+](=O)[O-])c(Nc2ccc3[nH]ncc3c2)n1. The third-order valence-corrected chi connectivity index (χ3v) is 3.58. The summed E-state index contributed by atoms with van der Waals surface area (Å²) in [5.41, 5.74) is 8.07. The molecular formula is C16H18N6O2. The zero-order chi connectivity index (χ0) is 17.3. The second-order valence-corrected chi connectivity index (χ2v) is 6.05. The first-order valence-electron chi connectivity index (χ1n) is 7.58. The van der Waals surface area contributed by atoms with Gasteiger partial charge >= 0.3 is 5.69 Å². The molecule has 0 aliphatic heterocycles. The summed E-state index contributed by atoms with van der Waals surface area (Å²) >= 11 is 0. The van der Waals surface area contributed by atoms with Gasteiger partial charge in [-0.05, 0) is 36.6 Å². The summed E-state index contributed by atoms with van der Waals surface area (Å²) in [7, 11) is 0. The van der Waals surface area contributed by atoms with Gasteiger partial charge in [0.1, 0.15) is 5.69 Å². The minimum absolute atomic E-state index is 0.109. The smallest absolute Gasteiger partial charge is 0.334 e. The summed E-state index contributed by atoms with van der Waals surface area (Å²) in [4.78, 5) is 15.3. The van der Waals surface area contributed by atoms with Crippen molar-refractivity contribution in [2.24, 2.45) is 5.92 Å². The van der Waals surface area contributed by atoms with Crippen LogP contribution in [-0.4, -0.2) is 20.1 Å². The van der Waals surface area contributed by atoms with E-state index in [4.69, 9.17) is 5.73 Å². The van der Waals surface area contributed by atoms with Crippen LogP contribution in [-0.2, 0) is 6.42 Å². The molecule has 0 saturated heterocycles. The van der Waals surface area contributed by atoms with Gasteiger partial charge in [-0.2, -0.15) is 5.10 Å². The average molecular weight is 326 g/mol. The molecule has 0 amide bonds. The number of fused-ring (bicyclic) bond motifs is 1. The van der Waals surface area contributed by atoms with Gasteiger partial charge in [-0.1, -0.05) is 13.8 Å². The van der Waals surface area contributed by atoms with E-state index in [9.17, 15) is 10.1 Å². The maximum Gasteiger partial charge on any atom is 0.334 e. The van der Waals surface area contributed by atoms with E-state index in [1.165, 1.54) is 0 Å². The Labute approximate surface area is 138 Å². The number of nitrogens with zero attached hydrogens (tertiary/aromatic N) is 3. The summed E-state index contributed by atoms with van der Waals surface area (Å²) in [6.45, 7) is 4.11. The lowest BCUT2D eigenvalue weighted by molar-refractivity contribution is -0.383. The van der Waals surface area contributed by atoms with Gasteiger partial charge in [0.25, 0.3) is 0 Å². The molecular weight excluding hydrogens is 308 g/mol. The van der Waals surface area contributed by atoms with E-state index in [0.717, 1.165) is 16.6 Å². The lowest BCUT2D eigenvalue weighted by Gasteiger charge is -2.11. The van der Waals surface area contributed by atoms with E-state index in [-0.39, 0.29) is 17.2 Å². The molecule has 8 heteroatoms. The van der Waals surface area contributed by atoms with Crippen LogP contribution in [0.15, 0.2) is 30.5 Å². The van der Waals surface area contributed by atoms with Crippen molar-refractivity contribution in [3.05, 3.63) is 46.3 Å². The van der Waals surface area contributed by atoms with Gasteiger partial charge in [0.2, 0.25) is 5.82 Å². The molecule has 0 bridgehead atoms. The van der Waals surface area contributed by atoms with Crippen LogP contribution in [0.4, 0.5) is 22.9 Å². The van der Waals surface area contributed by atoms with Gasteiger partial charge in [0.15, 0.2) is 0 Å². The van der Waals surface area contributed by atoms with Crippen molar-refractivity contribution < 1.29 is 4.92 Å². The van der Waals surface area contributed by atoms with Crippen LogP contribution >= 0.6 is 0 Å². The highest BCUT2D eigenvalue weighted by Crippen LogP contribution is 2.33. The molecule has 0 aliphatic carbocycles. The first-order valence-corrected chi connectivity index (χ1v) is 7.58. The van der Waals surface area contributed by atoms with Crippen molar-refractivity contribution >= 4 is 33.8 Å². The Hall–Kier alpha value is -3.16. The number of hydrogen-bond donors (Lipinski definition) is 3. The summed E-state index contributed by atoms with van der Waals surface area (Å²) in [5, 5.41) is 22.1. The van der Waals surface area contributed by atoms with Crippen LogP contribution in [0.5, 0.6) is 0 Å². The molecule has 0 fully saturated rings. The highest BCUT2D eigenvalue weighted by atomic mass is 16.6. The molecule has 0 unspecified atom stereocenters. The Kier molecular flexibility index (Phi) is 4.03.